The zero-order chi connectivity index (χ0) is 9.14. The van der Waals surface area contributed by atoms with Crippen molar-refractivity contribution in [2.75, 3.05) is 0 Å². The zero-order valence-corrected chi connectivity index (χ0v) is 7.61. The van der Waals surface area contributed by atoms with E-state index in [9.17, 15) is 9.90 Å². The van der Waals surface area contributed by atoms with E-state index in [0.717, 1.165) is 4.47 Å². The number of hydrogen-bond acceptors (Lipinski definition) is 3. The molecule has 1 N–H and O–H groups in total. The number of aliphatic carboxylic acids is 1. The second-order valence-electron chi connectivity index (χ2n) is 2.27. The van der Waals surface area contributed by atoms with Gasteiger partial charge in [-0.05, 0) is 17.7 Å². The molecule has 3 nitrogen and oxygen atoms in total. The molecule has 4 heteroatoms. The first-order valence-corrected chi connectivity index (χ1v) is 4.05. The maximum Gasteiger partial charge on any atom is 0.118 e. The van der Waals surface area contributed by atoms with Gasteiger partial charge in [0, 0.05) is 4.47 Å². The predicted molar refractivity (Wildman–Crippen MR) is 44.1 cm³/mol. The Morgan fingerprint density at radius 1 is 1.42 bits per heavy atom. The molecule has 0 aromatic heterocycles. The Kier molecular flexibility index (Phi) is 2.83. The Morgan fingerprint density at radius 2 is 1.92 bits per heavy atom. The number of benzene rings is 1. The maximum atomic E-state index is 10.2. The van der Waals surface area contributed by atoms with Crippen molar-refractivity contribution < 1.29 is 15.0 Å². The highest BCUT2D eigenvalue weighted by Crippen LogP contribution is 2.15. The molecular weight excluding hydrogens is 224 g/mol. The van der Waals surface area contributed by atoms with Gasteiger partial charge < -0.3 is 15.0 Å². The van der Waals surface area contributed by atoms with Gasteiger partial charge in [0.05, 0.1) is 5.97 Å². The van der Waals surface area contributed by atoms with E-state index in [4.69, 9.17) is 5.11 Å². The molecule has 0 radical (unpaired) electrons. The molecule has 0 aliphatic rings. The summed E-state index contributed by atoms with van der Waals surface area (Å²) in [6.45, 7) is 0. The van der Waals surface area contributed by atoms with Crippen LogP contribution in [0.1, 0.15) is 11.7 Å². The van der Waals surface area contributed by atoms with Crippen LogP contribution in [0.3, 0.4) is 0 Å². The summed E-state index contributed by atoms with van der Waals surface area (Å²) in [4.78, 5) is 10.2. The monoisotopic (exact) mass is 229 g/mol. The average molecular weight is 230 g/mol. The Morgan fingerprint density at radius 3 is 2.33 bits per heavy atom. The number of hydrogen-bond donors (Lipinski definition) is 1. The topological polar surface area (TPSA) is 60.4 Å². The van der Waals surface area contributed by atoms with E-state index in [0.29, 0.717) is 5.56 Å². The van der Waals surface area contributed by atoms with Crippen LogP contribution in [0, 0.1) is 0 Å². The lowest BCUT2D eigenvalue weighted by Crippen LogP contribution is -2.29. The van der Waals surface area contributed by atoms with Gasteiger partial charge in [-0.2, -0.15) is 0 Å². The van der Waals surface area contributed by atoms with Crippen molar-refractivity contribution in [2.24, 2.45) is 0 Å². The molecule has 1 aromatic rings. The van der Waals surface area contributed by atoms with E-state index in [1.807, 2.05) is 0 Å². The van der Waals surface area contributed by atoms with Crippen molar-refractivity contribution in [3.05, 3.63) is 34.3 Å². The van der Waals surface area contributed by atoms with Gasteiger partial charge in [0.25, 0.3) is 0 Å². The lowest BCUT2D eigenvalue weighted by Gasteiger charge is -2.11. The summed E-state index contributed by atoms with van der Waals surface area (Å²) in [5.74, 6) is -1.49. The van der Waals surface area contributed by atoms with Crippen molar-refractivity contribution >= 4 is 21.9 Å². The van der Waals surface area contributed by atoms with Crippen LogP contribution < -0.4 is 5.11 Å². The summed E-state index contributed by atoms with van der Waals surface area (Å²) >= 11 is 3.19. The van der Waals surface area contributed by atoms with Crippen molar-refractivity contribution in [1.29, 1.82) is 0 Å². The molecule has 0 amide bonds. The molecule has 12 heavy (non-hydrogen) atoms. The van der Waals surface area contributed by atoms with Crippen molar-refractivity contribution in [2.45, 2.75) is 6.10 Å². The minimum atomic E-state index is -1.54. The summed E-state index contributed by atoms with van der Waals surface area (Å²) in [7, 11) is 0. The predicted octanol–water partition coefficient (Wildman–Crippen LogP) is 0.232. The number of aliphatic hydroxyl groups excluding tert-OH is 1. The first kappa shape index (κ1) is 9.22. The molecule has 1 atom stereocenters. The summed E-state index contributed by atoms with van der Waals surface area (Å²) in [5.41, 5.74) is 0.318. The molecule has 1 aromatic carbocycles. The van der Waals surface area contributed by atoms with Gasteiger partial charge >= 0.3 is 0 Å². The number of carbonyl (C=O) groups excluding carboxylic acids is 1. The second kappa shape index (κ2) is 3.69. The maximum absolute atomic E-state index is 10.2. The van der Waals surface area contributed by atoms with E-state index in [1.165, 1.54) is 12.1 Å². The fraction of sp³-hybridized carbons (Fsp3) is 0.125. The first-order valence-electron chi connectivity index (χ1n) is 3.25. The minimum Gasteiger partial charge on any atom is -0.547 e. The third-order valence-electron chi connectivity index (χ3n) is 1.41. The van der Waals surface area contributed by atoms with Crippen LogP contribution in [0.15, 0.2) is 28.7 Å². The molecule has 0 saturated carbocycles. The largest absolute Gasteiger partial charge is 0.547 e. The number of carbonyl (C=O) groups is 1. The third kappa shape index (κ3) is 2.06. The van der Waals surface area contributed by atoms with Gasteiger partial charge in [-0.3, -0.25) is 0 Å². The summed E-state index contributed by atoms with van der Waals surface area (Å²) < 4.78 is 0.830. The first-order chi connectivity index (χ1) is 5.61. The smallest absolute Gasteiger partial charge is 0.118 e. The van der Waals surface area contributed by atoms with Gasteiger partial charge in [0.1, 0.15) is 6.10 Å². The van der Waals surface area contributed by atoms with Crippen molar-refractivity contribution in [3.8, 4) is 0 Å². The zero-order valence-electron chi connectivity index (χ0n) is 6.03. The van der Waals surface area contributed by atoms with Crippen LogP contribution >= 0.6 is 15.9 Å². The molecule has 0 fully saturated rings. The highest BCUT2D eigenvalue weighted by molar-refractivity contribution is 9.10. The Bertz CT molecular complexity index is 281. The van der Waals surface area contributed by atoms with Crippen LogP contribution in [0.2, 0.25) is 0 Å². The minimum absolute atomic E-state index is 0.318. The number of carboxylic acids is 1. The van der Waals surface area contributed by atoms with Gasteiger partial charge in [0.15, 0.2) is 0 Å². The highest BCUT2D eigenvalue weighted by atomic mass is 79.9. The average Bonchev–Trinajstić information content (AvgIpc) is 2.04. The fourth-order valence-corrected chi connectivity index (χ4v) is 1.05. The summed E-state index contributed by atoms with van der Waals surface area (Å²) in [6, 6.07) is 6.35. The van der Waals surface area contributed by atoms with Crippen LogP contribution in [-0.2, 0) is 4.79 Å². The van der Waals surface area contributed by atoms with Crippen LogP contribution in [0.5, 0.6) is 0 Å². The fourth-order valence-electron chi connectivity index (χ4n) is 0.781. The number of halogens is 1. The molecule has 0 saturated heterocycles. The van der Waals surface area contributed by atoms with Crippen LogP contribution in [-0.4, -0.2) is 11.1 Å². The van der Waals surface area contributed by atoms with Gasteiger partial charge in [0.2, 0.25) is 0 Å². The summed E-state index contributed by atoms with van der Waals surface area (Å²) in [6.07, 6.45) is -1.54. The quantitative estimate of drug-likeness (QED) is 0.791. The molecule has 0 aliphatic carbocycles. The Hall–Kier alpha value is -0.870. The van der Waals surface area contributed by atoms with Crippen molar-refractivity contribution in [1.82, 2.24) is 0 Å². The molecule has 0 aliphatic heterocycles. The Balaban J connectivity index is 2.89. The molecule has 64 valence electrons. The number of carboxylic acid groups (broad SMARTS) is 1. The molecule has 0 bridgehead atoms. The summed E-state index contributed by atoms with van der Waals surface area (Å²) in [5, 5.41) is 19.2. The van der Waals surface area contributed by atoms with E-state index in [2.05, 4.69) is 15.9 Å². The van der Waals surface area contributed by atoms with Crippen LogP contribution in [0.4, 0.5) is 0 Å². The molecule has 0 heterocycles. The molecule has 0 unspecified atom stereocenters. The molecule has 1 rings (SSSR count). The second-order valence-corrected chi connectivity index (χ2v) is 3.19. The molecule has 0 spiro atoms. The lowest BCUT2D eigenvalue weighted by atomic mass is 10.1. The van der Waals surface area contributed by atoms with Gasteiger partial charge in [-0.25, -0.2) is 0 Å². The van der Waals surface area contributed by atoms with E-state index in [-0.39, 0.29) is 0 Å². The number of aliphatic hydroxyl groups is 1. The van der Waals surface area contributed by atoms with Gasteiger partial charge in [-0.15, -0.1) is 0 Å². The van der Waals surface area contributed by atoms with E-state index < -0.39 is 12.1 Å². The SMILES string of the molecule is O=C([O-])[C@H](O)c1ccc(Br)cc1. The highest BCUT2D eigenvalue weighted by Gasteiger charge is 2.06. The standard InChI is InChI=1S/C8H7BrO3/c9-6-3-1-5(2-4-6)7(10)8(11)12/h1-4,7,10H,(H,11,12)/p-1/t7-/m1/s1. The van der Waals surface area contributed by atoms with Crippen LogP contribution in [0.25, 0.3) is 0 Å². The van der Waals surface area contributed by atoms with Crippen molar-refractivity contribution in [3.63, 3.8) is 0 Å². The normalized spacial score (nSPS) is 12.5. The lowest BCUT2D eigenvalue weighted by molar-refractivity contribution is -0.315. The van der Waals surface area contributed by atoms with Gasteiger partial charge in [-0.1, -0.05) is 28.1 Å². The third-order valence-corrected chi connectivity index (χ3v) is 1.94. The molecular formula is C8H6BrO3-. The van der Waals surface area contributed by atoms with E-state index in [1.54, 1.807) is 12.1 Å². The number of rotatable bonds is 2. The Labute approximate surface area is 77.8 Å². The van der Waals surface area contributed by atoms with E-state index >= 15 is 0 Å².